The minimum Gasteiger partial charge on any atom is -0.494 e. The molecule has 0 saturated heterocycles. The second-order valence-corrected chi connectivity index (χ2v) is 7.55. The fourth-order valence-corrected chi connectivity index (χ4v) is 3.65. The van der Waals surface area contributed by atoms with Gasteiger partial charge in [-0.3, -0.25) is 9.48 Å². The summed E-state index contributed by atoms with van der Waals surface area (Å²) < 4.78 is 55.9. The number of carbonyl (C=O) groups is 1. The van der Waals surface area contributed by atoms with Gasteiger partial charge in [-0.05, 0) is 24.6 Å². The smallest absolute Gasteiger partial charge is 0.408 e. The zero-order valence-electron chi connectivity index (χ0n) is 19.0. The molecule has 35 heavy (non-hydrogen) atoms. The Balaban J connectivity index is 1.92. The van der Waals surface area contributed by atoms with Gasteiger partial charge in [-0.1, -0.05) is 0 Å². The predicted octanol–water partition coefficient (Wildman–Crippen LogP) is 3.80. The summed E-state index contributed by atoms with van der Waals surface area (Å²) in [6.07, 6.45) is -0.788. The molecule has 0 aromatic carbocycles. The molecule has 0 saturated carbocycles. The summed E-state index contributed by atoms with van der Waals surface area (Å²) in [7, 11) is 2.91. The lowest BCUT2D eigenvalue weighted by atomic mass is 10.1. The van der Waals surface area contributed by atoms with Crippen LogP contribution in [0.1, 0.15) is 12.5 Å². The van der Waals surface area contributed by atoms with E-state index in [0.29, 0.717) is 27.3 Å². The highest BCUT2D eigenvalue weighted by Crippen LogP contribution is 2.42. The number of hydrogen-bond acceptors (Lipinski definition) is 8. The summed E-state index contributed by atoms with van der Waals surface area (Å²) in [5.74, 6) is -0.623. The maximum absolute atomic E-state index is 12.8. The number of methoxy groups -OCH3 is 2. The number of rotatable bonds is 6. The second-order valence-electron chi connectivity index (χ2n) is 7.55. The second kappa shape index (κ2) is 8.81. The van der Waals surface area contributed by atoms with E-state index >= 15 is 0 Å². The number of nitrogens with zero attached hydrogens (tertiary/aromatic N) is 5. The number of aromatic nitrogens is 5. The molecule has 0 fully saturated rings. The van der Waals surface area contributed by atoms with Gasteiger partial charge in [0.25, 0.3) is 5.88 Å². The largest absolute Gasteiger partial charge is 0.494 e. The molecule has 4 aromatic heterocycles. The van der Waals surface area contributed by atoms with Crippen molar-refractivity contribution in [3.63, 3.8) is 0 Å². The fraction of sp³-hybridized carbons (Fsp3) is 0.273. The maximum Gasteiger partial charge on any atom is 0.408 e. The van der Waals surface area contributed by atoms with Gasteiger partial charge >= 0.3 is 12.1 Å². The summed E-state index contributed by atoms with van der Waals surface area (Å²) in [6, 6.07) is 3.34. The van der Waals surface area contributed by atoms with E-state index in [1.54, 1.807) is 19.1 Å². The van der Waals surface area contributed by atoms with Crippen LogP contribution in [0.2, 0.25) is 0 Å². The minimum atomic E-state index is -4.49. The van der Waals surface area contributed by atoms with Crippen LogP contribution in [0.3, 0.4) is 0 Å². The van der Waals surface area contributed by atoms with E-state index in [-0.39, 0.29) is 34.2 Å². The molecule has 0 bridgehead atoms. The molecule has 4 aromatic rings. The van der Waals surface area contributed by atoms with Gasteiger partial charge in [0.2, 0.25) is 11.8 Å². The standard InChI is InChI=1S/C22H20F3N5O5/c1-11-5-15(13-6-16(33-3)19(34-4)26-7-13)28-18-17(11)20(32)30(21(18)35-12(2)31)14-8-27-29(9-14)10-22(23,24)25/h5-9,32H,10H2,1-4H3. The van der Waals surface area contributed by atoms with Gasteiger partial charge in [0, 0.05) is 24.9 Å². The van der Waals surface area contributed by atoms with Crippen molar-refractivity contribution >= 4 is 16.9 Å². The molecule has 0 spiro atoms. The number of carbonyl (C=O) groups excluding carboxylic acids is 1. The Morgan fingerprint density at radius 1 is 1.17 bits per heavy atom. The van der Waals surface area contributed by atoms with E-state index in [1.165, 1.54) is 20.4 Å². The normalized spacial score (nSPS) is 11.6. The Bertz CT molecular complexity index is 1430. The molecule has 0 amide bonds. The summed E-state index contributed by atoms with van der Waals surface area (Å²) in [5, 5.41) is 14.9. The van der Waals surface area contributed by atoms with Gasteiger partial charge in [-0.25, -0.2) is 14.5 Å². The van der Waals surface area contributed by atoms with E-state index in [0.717, 1.165) is 23.9 Å². The van der Waals surface area contributed by atoms with Gasteiger partial charge in [0.1, 0.15) is 12.1 Å². The van der Waals surface area contributed by atoms with Crippen LogP contribution >= 0.6 is 0 Å². The quantitative estimate of drug-likeness (QED) is 0.405. The molecule has 184 valence electrons. The van der Waals surface area contributed by atoms with Crippen LogP contribution in [0.25, 0.3) is 27.8 Å². The van der Waals surface area contributed by atoms with E-state index in [2.05, 4.69) is 15.1 Å². The van der Waals surface area contributed by atoms with E-state index < -0.39 is 18.7 Å². The number of aryl methyl sites for hydroxylation is 1. The highest BCUT2D eigenvalue weighted by Gasteiger charge is 2.30. The number of fused-ring (bicyclic) bond motifs is 1. The number of halogens is 3. The van der Waals surface area contributed by atoms with Crippen molar-refractivity contribution in [1.29, 1.82) is 0 Å². The summed E-state index contributed by atoms with van der Waals surface area (Å²) >= 11 is 0. The first-order valence-corrected chi connectivity index (χ1v) is 10.1. The van der Waals surface area contributed by atoms with E-state index in [1.807, 2.05) is 0 Å². The van der Waals surface area contributed by atoms with Crippen molar-refractivity contribution in [2.24, 2.45) is 0 Å². The first-order valence-electron chi connectivity index (χ1n) is 10.1. The molecule has 0 radical (unpaired) electrons. The number of hydrogen-bond donors (Lipinski definition) is 1. The molecule has 4 rings (SSSR count). The first kappa shape index (κ1) is 23.9. The molecule has 10 nitrogen and oxygen atoms in total. The maximum atomic E-state index is 12.8. The third-order valence-corrected chi connectivity index (χ3v) is 5.04. The van der Waals surface area contributed by atoms with Crippen molar-refractivity contribution in [2.75, 3.05) is 14.2 Å². The molecule has 0 atom stereocenters. The highest BCUT2D eigenvalue weighted by atomic mass is 19.4. The van der Waals surface area contributed by atoms with Crippen LogP contribution in [0, 0.1) is 6.92 Å². The summed E-state index contributed by atoms with van der Waals surface area (Å²) in [4.78, 5) is 20.6. The van der Waals surface area contributed by atoms with Gasteiger partial charge in [0.15, 0.2) is 5.75 Å². The van der Waals surface area contributed by atoms with E-state index in [9.17, 15) is 23.1 Å². The molecule has 4 heterocycles. The van der Waals surface area contributed by atoms with Gasteiger partial charge in [-0.15, -0.1) is 0 Å². The van der Waals surface area contributed by atoms with Gasteiger partial charge in [-0.2, -0.15) is 18.3 Å². The highest BCUT2D eigenvalue weighted by molar-refractivity contribution is 5.96. The van der Waals surface area contributed by atoms with Crippen molar-refractivity contribution < 1.29 is 37.3 Å². The fourth-order valence-electron chi connectivity index (χ4n) is 3.65. The van der Waals surface area contributed by atoms with Crippen LogP contribution < -0.4 is 14.2 Å². The van der Waals surface area contributed by atoms with Crippen molar-refractivity contribution in [1.82, 2.24) is 24.3 Å². The number of esters is 1. The topological polar surface area (TPSA) is 114 Å². The van der Waals surface area contributed by atoms with Crippen molar-refractivity contribution in [3.05, 3.63) is 36.3 Å². The monoisotopic (exact) mass is 491 g/mol. The Morgan fingerprint density at radius 2 is 1.91 bits per heavy atom. The Hall–Kier alpha value is -4.29. The SMILES string of the molecule is COc1cc(-c2cc(C)c3c(O)n(-c4cnn(CC(F)(F)F)c4)c(OC(C)=O)c3n2)cnc1OC. The lowest BCUT2D eigenvalue weighted by Crippen LogP contribution is -2.17. The molecular weight excluding hydrogens is 471 g/mol. The average molecular weight is 491 g/mol. The molecule has 0 aliphatic rings. The van der Waals surface area contributed by atoms with Crippen LogP contribution in [-0.2, 0) is 11.3 Å². The van der Waals surface area contributed by atoms with Crippen molar-refractivity contribution in [2.45, 2.75) is 26.6 Å². The van der Waals surface area contributed by atoms with Crippen LogP contribution in [-0.4, -0.2) is 55.8 Å². The molecule has 0 aliphatic heterocycles. The molecule has 13 heteroatoms. The zero-order chi connectivity index (χ0) is 25.5. The Labute approximate surface area is 196 Å². The number of aromatic hydroxyl groups is 1. The summed E-state index contributed by atoms with van der Waals surface area (Å²) in [6.45, 7) is 1.53. The van der Waals surface area contributed by atoms with Gasteiger partial charge < -0.3 is 19.3 Å². The predicted molar refractivity (Wildman–Crippen MR) is 117 cm³/mol. The van der Waals surface area contributed by atoms with Gasteiger partial charge in [0.05, 0.1) is 37.2 Å². The number of alkyl halides is 3. The zero-order valence-corrected chi connectivity index (χ0v) is 19.0. The lowest BCUT2D eigenvalue weighted by Gasteiger charge is -2.09. The molecule has 0 aliphatic carbocycles. The average Bonchev–Trinajstić information content (AvgIpc) is 3.33. The van der Waals surface area contributed by atoms with Crippen LogP contribution in [0.5, 0.6) is 23.4 Å². The molecule has 1 N–H and O–H groups in total. The summed E-state index contributed by atoms with van der Waals surface area (Å²) in [5.41, 5.74) is 1.70. The minimum absolute atomic E-state index is 0.0507. The lowest BCUT2D eigenvalue weighted by molar-refractivity contribution is -0.142. The molecular formula is C22H20F3N5O5. The number of ether oxygens (including phenoxy) is 3. The third kappa shape index (κ3) is 4.56. The third-order valence-electron chi connectivity index (χ3n) is 5.04. The number of pyridine rings is 2. The Morgan fingerprint density at radius 3 is 2.54 bits per heavy atom. The van der Waals surface area contributed by atoms with Crippen LogP contribution in [0.4, 0.5) is 13.2 Å². The first-order chi connectivity index (χ1) is 16.5. The Kier molecular flexibility index (Phi) is 6.01. The van der Waals surface area contributed by atoms with Crippen molar-refractivity contribution in [3.8, 4) is 40.3 Å². The van der Waals surface area contributed by atoms with E-state index in [4.69, 9.17) is 14.2 Å². The van der Waals surface area contributed by atoms with Crippen LogP contribution in [0.15, 0.2) is 30.7 Å². The molecule has 0 unspecified atom stereocenters.